The summed E-state index contributed by atoms with van der Waals surface area (Å²) in [6, 6.07) is 8.70. The summed E-state index contributed by atoms with van der Waals surface area (Å²) >= 11 is 12.0. The third-order valence-corrected chi connectivity index (χ3v) is 3.58. The van der Waals surface area contributed by atoms with Gasteiger partial charge in [0.05, 0.1) is 6.61 Å². The van der Waals surface area contributed by atoms with Gasteiger partial charge in [-0.2, -0.15) is 0 Å². The van der Waals surface area contributed by atoms with Crippen LogP contribution in [0.25, 0.3) is 0 Å². The molecule has 0 aliphatic carbocycles. The summed E-state index contributed by atoms with van der Waals surface area (Å²) in [5.41, 5.74) is 1.36. The first-order chi connectivity index (χ1) is 10.6. The molecule has 1 amide bonds. The van der Waals surface area contributed by atoms with Crippen molar-refractivity contribution in [1.82, 2.24) is 10.3 Å². The number of aromatic nitrogens is 1. The molecule has 1 aromatic heterocycles. The zero-order valence-corrected chi connectivity index (χ0v) is 13.6. The molecule has 6 heteroatoms. The average Bonchev–Trinajstić information content (AvgIpc) is 2.50. The van der Waals surface area contributed by atoms with Crippen LogP contribution >= 0.6 is 23.2 Å². The lowest BCUT2D eigenvalue weighted by atomic mass is 10.1. The van der Waals surface area contributed by atoms with Gasteiger partial charge in [0.25, 0.3) is 5.91 Å². The van der Waals surface area contributed by atoms with Crippen LogP contribution in [0.4, 0.5) is 0 Å². The largest absolute Gasteiger partial charge is 0.477 e. The number of pyridine rings is 1. The molecule has 0 unspecified atom stereocenters. The Kier molecular flexibility index (Phi) is 6.04. The van der Waals surface area contributed by atoms with Gasteiger partial charge in [-0.3, -0.25) is 4.79 Å². The molecule has 0 spiro atoms. The van der Waals surface area contributed by atoms with Gasteiger partial charge < -0.3 is 10.1 Å². The summed E-state index contributed by atoms with van der Waals surface area (Å²) in [6.45, 7) is 2.76. The lowest BCUT2D eigenvalue weighted by molar-refractivity contribution is 0.0949. The molecule has 0 saturated heterocycles. The fraction of sp³-hybridized carbons (Fsp3) is 0.250. The number of benzene rings is 1. The van der Waals surface area contributed by atoms with Crippen molar-refractivity contribution < 1.29 is 9.53 Å². The summed E-state index contributed by atoms with van der Waals surface area (Å²) in [5.74, 6) is 0.119. The fourth-order valence-corrected chi connectivity index (χ4v) is 2.45. The quantitative estimate of drug-likeness (QED) is 0.872. The molecule has 1 aromatic carbocycles. The van der Waals surface area contributed by atoms with Crippen LogP contribution in [0.15, 0.2) is 36.5 Å². The minimum absolute atomic E-state index is 0.221. The molecule has 0 bridgehead atoms. The van der Waals surface area contributed by atoms with E-state index in [4.69, 9.17) is 27.9 Å². The standard InChI is InChI=1S/C16H16Cl2N2O2/c1-2-22-16-13(4-3-8-20-16)15(21)19-9-7-11-5-6-12(17)10-14(11)18/h3-6,8,10H,2,7,9H2,1H3,(H,19,21). The van der Waals surface area contributed by atoms with Gasteiger partial charge in [0, 0.05) is 22.8 Å². The maximum absolute atomic E-state index is 12.2. The predicted octanol–water partition coefficient (Wildman–Crippen LogP) is 3.76. The van der Waals surface area contributed by atoms with Crippen LogP contribution in [0.1, 0.15) is 22.8 Å². The van der Waals surface area contributed by atoms with E-state index in [2.05, 4.69) is 10.3 Å². The predicted molar refractivity (Wildman–Crippen MR) is 87.9 cm³/mol. The van der Waals surface area contributed by atoms with E-state index in [1.54, 1.807) is 30.5 Å². The Balaban J connectivity index is 1.96. The molecule has 4 nitrogen and oxygen atoms in total. The topological polar surface area (TPSA) is 51.2 Å². The monoisotopic (exact) mass is 338 g/mol. The molecule has 0 fully saturated rings. The van der Waals surface area contributed by atoms with E-state index >= 15 is 0 Å². The molecular formula is C16H16Cl2N2O2. The zero-order valence-electron chi connectivity index (χ0n) is 12.1. The molecule has 1 heterocycles. The summed E-state index contributed by atoms with van der Waals surface area (Å²) in [7, 11) is 0. The highest BCUT2D eigenvalue weighted by molar-refractivity contribution is 6.35. The number of ether oxygens (including phenoxy) is 1. The van der Waals surface area contributed by atoms with E-state index in [0.29, 0.717) is 41.1 Å². The Labute approximate surface area is 139 Å². The Morgan fingerprint density at radius 3 is 2.86 bits per heavy atom. The number of amides is 1. The van der Waals surface area contributed by atoms with Gasteiger partial charge in [-0.25, -0.2) is 4.98 Å². The molecular weight excluding hydrogens is 323 g/mol. The number of nitrogens with zero attached hydrogens (tertiary/aromatic N) is 1. The van der Waals surface area contributed by atoms with Crippen LogP contribution in [0.5, 0.6) is 5.88 Å². The number of nitrogens with one attached hydrogen (secondary N) is 1. The lowest BCUT2D eigenvalue weighted by Gasteiger charge is -2.10. The maximum atomic E-state index is 12.2. The number of hydrogen-bond acceptors (Lipinski definition) is 3. The molecule has 0 aliphatic rings. The average molecular weight is 339 g/mol. The van der Waals surface area contributed by atoms with Crippen molar-refractivity contribution in [2.45, 2.75) is 13.3 Å². The second kappa shape index (κ2) is 8.01. The van der Waals surface area contributed by atoms with Crippen molar-refractivity contribution in [2.24, 2.45) is 0 Å². The molecule has 2 rings (SSSR count). The highest BCUT2D eigenvalue weighted by Crippen LogP contribution is 2.21. The van der Waals surface area contributed by atoms with Crippen LogP contribution in [0.3, 0.4) is 0 Å². The molecule has 0 aliphatic heterocycles. The zero-order chi connectivity index (χ0) is 15.9. The normalized spacial score (nSPS) is 10.3. The van der Waals surface area contributed by atoms with Gasteiger partial charge in [-0.05, 0) is 43.2 Å². The Morgan fingerprint density at radius 2 is 2.14 bits per heavy atom. The lowest BCUT2D eigenvalue weighted by Crippen LogP contribution is -2.26. The first-order valence-electron chi connectivity index (χ1n) is 6.91. The van der Waals surface area contributed by atoms with Crippen LogP contribution in [-0.2, 0) is 6.42 Å². The Hall–Kier alpha value is -1.78. The minimum atomic E-state index is -0.221. The number of hydrogen-bond donors (Lipinski definition) is 1. The van der Waals surface area contributed by atoms with E-state index in [9.17, 15) is 4.79 Å². The van der Waals surface area contributed by atoms with Crippen molar-refractivity contribution in [3.8, 4) is 5.88 Å². The molecule has 116 valence electrons. The van der Waals surface area contributed by atoms with Crippen molar-refractivity contribution >= 4 is 29.1 Å². The number of carbonyl (C=O) groups excluding carboxylic acids is 1. The molecule has 0 atom stereocenters. The van der Waals surface area contributed by atoms with Crippen LogP contribution < -0.4 is 10.1 Å². The smallest absolute Gasteiger partial charge is 0.256 e. The Bertz CT molecular complexity index is 662. The third-order valence-electron chi connectivity index (χ3n) is 2.99. The number of rotatable bonds is 6. The molecule has 22 heavy (non-hydrogen) atoms. The molecule has 1 N–H and O–H groups in total. The SMILES string of the molecule is CCOc1ncccc1C(=O)NCCc1ccc(Cl)cc1Cl. The summed E-state index contributed by atoms with van der Waals surface area (Å²) < 4.78 is 5.35. The number of halogens is 2. The molecule has 2 aromatic rings. The first kappa shape index (κ1) is 16.6. The van der Waals surface area contributed by atoms with Crippen LogP contribution in [-0.4, -0.2) is 24.0 Å². The highest BCUT2D eigenvalue weighted by Gasteiger charge is 2.12. The minimum Gasteiger partial charge on any atom is -0.477 e. The van der Waals surface area contributed by atoms with E-state index in [1.807, 2.05) is 13.0 Å². The summed E-state index contributed by atoms with van der Waals surface area (Å²) in [4.78, 5) is 16.2. The second-order valence-electron chi connectivity index (χ2n) is 4.53. The van der Waals surface area contributed by atoms with Crippen molar-refractivity contribution in [1.29, 1.82) is 0 Å². The van der Waals surface area contributed by atoms with Gasteiger partial charge in [-0.1, -0.05) is 29.3 Å². The summed E-state index contributed by atoms with van der Waals surface area (Å²) in [5, 5.41) is 4.03. The van der Waals surface area contributed by atoms with Gasteiger partial charge in [0.15, 0.2) is 0 Å². The molecule has 0 saturated carbocycles. The fourth-order valence-electron chi connectivity index (χ4n) is 1.95. The van der Waals surface area contributed by atoms with Gasteiger partial charge in [0.2, 0.25) is 5.88 Å². The van der Waals surface area contributed by atoms with E-state index in [0.717, 1.165) is 5.56 Å². The van der Waals surface area contributed by atoms with Crippen molar-refractivity contribution in [2.75, 3.05) is 13.2 Å². The van der Waals surface area contributed by atoms with Crippen LogP contribution in [0.2, 0.25) is 10.0 Å². The number of carbonyl (C=O) groups is 1. The van der Waals surface area contributed by atoms with Gasteiger partial charge in [-0.15, -0.1) is 0 Å². The van der Waals surface area contributed by atoms with E-state index < -0.39 is 0 Å². The molecule has 0 radical (unpaired) electrons. The maximum Gasteiger partial charge on any atom is 0.256 e. The van der Waals surface area contributed by atoms with Crippen LogP contribution in [0, 0.1) is 0 Å². The first-order valence-corrected chi connectivity index (χ1v) is 7.67. The highest BCUT2D eigenvalue weighted by atomic mass is 35.5. The van der Waals surface area contributed by atoms with Crippen molar-refractivity contribution in [3.05, 3.63) is 57.7 Å². The second-order valence-corrected chi connectivity index (χ2v) is 5.37. The van der Waals surface area contributed by atoms with Gasteiger partial charge >= 0.3 is 0 Å². The Morgan fingerprint density at radius 1 is 1.32 bits per heavy atom. The van der Waals surface area contributed by atoms with E-state index in [-0.39, 0.29) is 5.91 Å². The summed E-state index contributed by atoms with van der Waals surface area (Å²) in [6.07, 6.45) is 2.21. The van der Waals surface area contributed by atoms with Gasteiger partial charge in [0.1, 0.15) is 5.56 Å². The van der Waals surface area contributed by atoms with E-state index in [1.165, 1.54) is 0 Å². The van der Waals surface area contributed by atoms with Crippen molar-refractivity contribution in [3.63, 3.8) is 0 Å². The third kappa shape index (κ3) is 4.36.